The van der Waals surface area contributed by atoms with E-state index in [4.69, 9.17) is 14.6 Å². The maximum Gasteiger partial charge on any atom is 0.490 e. The average Bonchev–Trinajstić information content (AvgIpc) is 3.12. The quantitative estimate of drug-likeness (QED) is 0.753. The summed E-state index contributed by atoms with van der Waals surface area (Å²) in [6.45, 7) is 3.95. The van der Waals surface area contributed by atoms with Crippen LogP contribution in [0.5, 0.6) is 0 Å². The minimum atomic E-state index is -5.08. The lowest BCUT2D eigenvalue weighted by Crippen LogP contribution is -2.40. The van der Waals surface area contributed by atoms with Crippen LogP contribution in [0.2, 0.25) is 0 Å². The molecule has 30 heavy (non-hydrogen) atoms. The van der Waals surface area contributed by atoms with Gasteiger partial charge in [0.1, 0.15) is 0 Å². The Balaban J connectivity index is 0.000000396. The van der Waals surface area contributed by atoms with Crippen molar-refractivity contribution in [2.24, 2.45) is 0 Å². The van der Waals surface area contributed by atoms with Crippen LogP contribution in [0.3, 0.4) is 0 Å². The van der Waals surface area contributed by atoms with Gasteiger partial charge in [0.05, 0.1) is 29.9 Å². The molecule has 1 unspecified atom stereocenters. The molecule has 0 aliphatic carbocycles. The van der Waals surface area contributed by atoms with Crippen LogP contribution in [-0.2, 0) is 32.6 Å². The van der Waals surface area contributed by atoms with Crippen molar-refractivity contribution in [1.82, 2.24) is 14.1 Å². The Labute approximate surface area is 171 Å². The van der Waals surface area contributed by atoms with E-state index in [1.807, 2.05) is 23.9 Å². The Kier molecular flexibility index (Phi) is 7.61. The number of sulfonamides is 1. The summed E-state index contributed by atoms with van der Waals surface area (Å²) in [5.74, 6) is -2.75. The van der Waals surface area contributed by atoms with Gasteiger partial charge in [0.15, 0.2) is 0 Å². The summed E-state index contributed by atoms with van der Waals surface area (Å²) in [5, 5.41) is 11.5. The van der Waals surface area contributed by atoms with Crippen molar-refractivity contribution >= 4 is 16.0 Å². The van der Waals surface area contributed by atoms with E-state index < -0.39 is 22.2 Å². The van der Waals surface area contributed by atoms with E-state index in [-0.39, 0.29) is 5.92 Å². The summed E-state index contributed by atoms with van der Waals surface area (Å²) < 4.78 is 66.3. The van der Waals surface area contributed by atoms with E-state index in [0.29, 0.717) is 31.1 Å². The predicted molar refractivity (Wildman–Crippen MR) is 100 cm³/mol. The van der Waals surface area contributed by atoms with Gasteiger partial charge in [-0.2, -0.15) is 22.6 Å². The SMILES string of the molecule is CCn1ncc2c1CN(S(=O)(=O)c1ccccc1)CC2COC.O=C(O)C(F)(F)F. The molecule has 0 radical (unpaired) electrons. The first kappa shape index (κ1) is 23.8. The fraction of sp³-hybridized carbons (Fsp3) is 0.444. The number of ether oxygens (including phenoxy) is 1. The number of methoxy groups -OCH3 is 1. The fourth-order valence-electron chi connectivity index (χ4n) is 3.06. The molecule has 1 N–H and O–H groups in total. The van der Waals surface area contributed by atoms with Crippen molar-refractivity contribution in [3.63, 3.8) is 0 Å². The Morgan fingerprint density at radius 1 is 1.30 bits per heavy atom. The molecule has 1 atom stereocenters. The number of alkyl halides is 3. The molecule has 0 bridgehead atoms. The lowest BCUT2D eigenvalue weighted by molar-refractivity contribution is -0.192. The van der Waals surface area contributed by atoms with Crippen LogP contribution in [0.4, 0.5) is 13.2 Å². The van der Waals surface area contributed by atoms with Gasteiger partial charge in [0.25, 0.3) is 0 Å². The highest BCUT2D eigenvalue weighted by Gasteiger charge is 2.38. The molecule has 0 fully saturated rings. The summed E-state index contributed by atoms with van der Waals surface area (Å²) in [6.07, 6.45) is -3.24. The molecule has 166 valence electrons. The molecule has 2 heterocycles. The number of hydrogen-bond donors (Lipinski definition) is 1. The molecule has 1 aliphatic rings. The Morgan fingerprint density at radius 3 is 2.40 bits per heavy atom. The van der Waals surface area contributed by atoms with Gasteiger partial charge in [-0.25, -0.2) is 13.2 Å². The molecule has 0 saturated carbocycles. The molecule has 8 nitrogen and oxygen atoms in total. The second kappa shape index (κ2) is 9.58. The first-order valence-corrected chi connectivity index (χ1v) is 10.3. The van der Waals surface area contributed by atoms with Gasteiger partial charge in [-0.05, 0) is 19.1 Å². The zero-order chi connectivity index (χ0) is 22.5. The normalized spacial score (nSPS) is 17.0. The predicted octanol–water partition coefficient (Wildman–Crippen LogP) is 2.47. The molecule has 1 aliphatic heterocycles. The zero-order valence-electron chi connectivity index (χ0n) is 16.3. The number of fused-ring (bicyclic) bond motifs is 1. The molecule has 0 spiro atoms. The van der Waals surface area contributed by atoms with Crippen LogP contribution in [0, 0.1) is 0 Å². The number of nitrogens with zero attached hydrogens (tertiary/aromatic N) is 3. The van der Waals surface area contributed by atoms with Crippen LogP contribution in [0.1, 0.15) is 24.1 Å². The van der Waals surface area contributed by atoms with Crippen molar-refractivity contribution in [3.05, 3.63) is 47.8 Å². The van der Waals surface area contributed by atoms with Crippen molar-refractivity contribution in [3.8, 4) is 0 Å². The van der Waals surface area contributed by atoms with Gasteiger partial charge in [0, 0.05) is 31.7 Å². The minimum Gasteiger partial charge on any atom is -0.475 e. The highest BCUT2D eigenvalue weighted by atomic mass is 32.2. The number of aryl methyl sites for hydroxylation is 1. The second-order valence-corrected chi connectivity index (χ2v) is 8.37. The molecular weight excluding hydrogens is 427 g/mol. The highest BCUT2D eigenvalue weighted by Crippen LogP contribution is 2.32. The van der Waals surface area contributed by atoms with Gasteiger partial charge in [0.2, 0.25) is 10.0 Å². The van der Waals surface area contributed by atoms with Crippen LogP contribution in [-0.4, -0.2) is 60.0 Å². The third-order valence-electron chi connectivity index (χ3n) is 4.46. The summed E-state index contributed by atoms with van der Waals surface area (Å²) in [5.41, 5.74) is 2.05. The van der Waals surface area contributed by atoms with Gasteiger partial charge >= 0.3 is 12.1 Å². The third kappa shape index (κ3) is 5.37. The van der Waals surface area contributed by atoms with Gasteiger partial charge in [-0.1, -0.05) is 18.2 Å². The number of halogens is 3. The topological polar surface area (TPSA) is 102 Å². The summed E-state index contributed by atoms with van der Waals surface area (Å²) in [7, 11) is -1.89. The maximum atomic E-state index is 12.9. The number of carboxylic acids is 1. The first-order chi connectivity index (χ1) is 14.0. The summed E-state index contributed by atoms with van der Waals surface area (Å²) >= 11 is 0. The van der Waals surface area contributed by atoms with E-state index in [1.54, 1.807) is 31.4 Å². The molecule has 12 heteroatoms. The average molecular weight is 449 g/mol. The number of aromatic nitrogens is 2. The number of aliphatic carboxylic acids is 1. The zero-order valence-corrected chi connectivity index (χ0v) is 17.2. The van der Waals surface area contributed by atoms with Crippen LogP contribution < -0.4 is 0 Å². The number of benzene rings is 1. The molecule has 1 aromatic carbocycles. The van der Waals surface area contributed by atoms with Crippen LogP contribution in [0.15, 0.2) is 41.4 Å². The smallest absolute Gasteiger partial charge is 0.475 e. The molecule has 2 aromatic rings. The van der Waals surface area contributed by atoms with Crippen molar-refractivity contribution < 1.29 is 36.2 Å². The largest absolute Gasteiger partial charge is 0.490 e. The van der Waals surface area contributed by atoms with Crippen molar-refractivity contribution in [2.75, 3.05) is 20.3 Å². The standard InChI is InChI=1S/C16H21N3O3S.C2HF3O2/c1-3-19-16-11-18(10-13(12-22-2)15(16)9-17-19)23(20,21)14-7-5-4-6-8-14;3-2(4,5)1(6)7/h4-9,13H,3,10-12H2,1-2H3;(H,6,7). The Morgan fingerprint density at radius 2 is 1.90 bits per heavy atom. The maximum absolute atomic E-state index is 12.9. The molecular formula is C18H22F3N3O5S. The summed E-state index contributed by atoms with van der Waals surface area (Å²) in [4.78, 5) is 9.22. The second-order valence-electron chi connectivity index (χ2n) is 6.43. The lowest BCUT2D eigenvalue weighted by Gasteiger charge is -2.32. The fourth-order valence-corrected chi connectivity index (χ4v) is 4.52. The minimum absolute atomic E-state index is 0.00235. The van der Waals surface area contributed by atoms with E-state index in [1.165, 1.54) is 4.31 Å². The van der Waals surface area contributed by atoms with Crippen molar-refractivity contribution in [1.29, 1.82) is 0 Å². The van der Waals surface area contributed by atoms with E-state index >= 15 is 0 Å². The monoisotopic (exact) mass is 449 g/mol. The number of carboxylic acid groups (broad SMARTS) is 1. The molecule has 0 saturated heterocycles. The van der Waals surface area contributed by atoms with E-state index in [2.05, 4.69) is 5.10 Å². The number of hydrogen-bond acceptors (Lipinski definition) is 5. The lowest BCUT2D eigenvalue weighted by atomic mass is 9.97. The van der Waals surface area contributed by atoms with Crippen LogP contribution in [0.25, 0.3) is 0 Å². The Hall–Kier alpha value is -2.44. The van der Waals surface area contributed by atoms with Crippen LogP contribution >= 0.6 is 0 Å². The molecule has 3 rings (SSSR count). The third-order valence-corrected chi connectivity index (χ3v) is 6.29. The number of rotatable bonds is 5. The van der Waals surface area contributed by atoms with Gasteiger partial charge in [-0.3, -0.25) is 4.68 Å². The first-order valence-electron chi connectivity index (χ1n) is 8.91. The number of carbonyl (C=O) groups is 1. The molecule has 1 aromatic heterocycles. The Bertz CT molecular complexity index is 961. The summed E-state index contributed by atoms with van der Waals surface area (Å²) in [6, 6.07) is 8.56. The van der Waals surface area contributed by atoms with Gasteiger partial charge in [-0.15, -0.1) is 0 Å². The highest BCUT2D eigenvalue weighted by molar-refractivity contribution is 7.89. The van der Waals surface area contributed by atoms with Crippen molar-refractivity contribution in [2.45, 2.75) is 37.0 Å². The van der Waals surface area contributed by atoms with E-state index in [0.717, 1.165) is 11.3 Å². The molecule has 0 amide bonds. The van der Waals surface area contributed by atoms with Gasteiger partial charge < -0.3 is 9.84 Å². The van der Waals surface area contributed by atoms with E-state index in [9.17, 15) is 21.6 Å².